The van der Waals surface area contributed by atoms with Crippen LogP contribution in [0.4, 0.5) is 0 Å². The van der Waals surface area contributed by atoms with E-state index in [4.69, 9.17) is 4.99 Å². The van der Waals surface area contributed by atoms with Gasteiger partial charge in [-0.25, -0.2) is 9.98 Å². The molecule has 0 radical (unpaired) electrons. The van der Waals surface area contributed by atoms with Crippen LogP contribution in [0.1, 0.15) is 17.3 Å². The van der Waals surface area contributed by atoms with Crippen molar-refractivity contribution < 1.29 is 0 Å². The van der Waals surface area contributed by atoms with E-state index in [0.717, 1.165) is 17.0 Å². The van der Waals surface area contributed by atoms with Crippen molar-refractivity contribution in [3.05, 3.63) is 96.1 Å². The van der Waals surface area contributed by atoms with Crippen molar-refractivity contribution in [1.82, 2.24) is 5.32 Å². The van der Waals surface area contributed by atoms with Crippen LogP contribution in [-0.4, -0.2) is 12.2 Å². The summed E-state index contributed by atoms with van der Waals surface area (Å²) in [5, 5.41) is 3.15. The summed E-state index contributed by atoms with van der Waals surface area (Å²) in [4.78, 5) is 9.15. The first-order valence-electron chi connectivity index (χ1n) is 7.97. The van der Waals surface area contributed by atoms with Crippen LogP contribution in [0.2, 0.25) is 0 Å². The zero-order chi connectivity index (χ0) is 16.2. The highest BCUT2D eigenvalue weighted by Gasteiger charge is 2.14. The molecule has 0 fully saturated rings. The highest BCUT2D eigenvalue weighted by Crippen LogP contribution is 2.23. The van der Waals surface area contributed by atoms with Gasteiger partial charge in [0.05, 0.1) is 6.34 Å². The average Bonchev–Trinajstić information content (AvgIpc) is 2.70. The Morgan fingerprint density at radius 2 is 1.21 bits per heavy atom. The zero-order valence-corrected chi connectivity index (χ0v) is 13.1. The molecule has 3 aromatic rings. The highest BCUT2D eigenvalue weighted by atomic mass is 15.2. The second-order valence-corrected chi connectivity index (χ2v) is 5.63. The van der Waals surface area contributed by atoms with E-state index in [1.54, 1.807) is 6.34 Å². The molecule has 0 amide bonds. The Labute approximate surface area is 141 Å². The summed E-state index contributed by atoms with van der Waals surface area (Å²) in [6.45, 7) is 0. The van der Waals surface area contributed by atoms with Crippen molar-refractivity contribution in [3.8, 4) is 11.1 Å². The van der Waals surface area contributed by atoms with E-state index in [0.29, 0.717) is 0 Å². The second kappa shape index (κ2) is 6.50. The smallest absolute Gasteiger partial charge is 0.169 e. The van der Waals surface area contributed by atoms with E-state index in [2.05, 4.69) is 58.8 Å². The summed E-state index contributed by atoms with van der Waals surface area (Å²) in [6.07, 6.45) is 1.54. The number of hydrogen-bond donors (Lipinski definition) is 1. The third-order valence-corrected chi connectivity index (χ3v) is 4.03. The Morgan fingerprint density at radius 1 is 0.625 bits per heavy atom. The van der Waals surface area contributed by atoms with Gasteiger partial charge in [-0.15, -0.1) is 0 Å². The maximum atomic E-state index is 4.73. The van der Waals surface area contributed by atoms with E-state index in [-0.39, 0.29) is 6.17 Å². The lowest BCUT2D eigenvalue weighted by Crippen LogP contribution is -2.27. The Kier molecular flexibility index (Phi) is 3.90. The fourth-order valence-corrected chi connectivity index (χ4v) is 2.76. The maximum absolute atomic E-state index is 4.73. The predicted octanol–water partition coefficient (Wildman–Crippen LogP) is 4.43. The molecule has 24 heavy (non-hydrogen) atoms. The number of nitrogens with one attached hydrogen (secondary N) is 1. The lowest BCUT2D eigenvalue weighted by molar-refractivity contribution is 0.762. The molecule has 0 aromatic heterocycles. The summed E-state index contributed by atoms with van der Waals surface area (Å²) < 4.78 is 0. The van der Waals surface area contributed by atoms with Gasteiger partial charge in [0, 0.05) is 5.56 Å². The molecule has 1 aliphatic heterocycles. The van der Waals surface area contributed by atoms with Gasteiger partial charge in [0.2, 0.25) is 0 Å². The molecule has 0 bridgehead atoms. The van der Waals surface area contributed by atoms with Gasteiger partial charge >= 0.3 is 0 Å². The van der Waals surface area contributed by atoms with Crippen LogP contribution < -0.4 is 5.32 Å². The van der Waals surface area contributed by atoms with Crippen LogP contribution >= 0.6 is 0 Å². The topological polar surface area (TPSA) is 36.8 Å². The van der Waals surface area contributed by atoms with Gasteiger partial charge in [0.15, 0.2) is 6.17 Å². The molecule has 116 valence electrons. The van der Waals surface area contributed by atoms with Gasteiger partial charge in [-0.1, -0.05) is 84.9 Å². The van der Waals surface area contributed by atoms with Gasteiger partial charge < -0.3 is 5.32 Å². The molecule has 0 saturated heterocycles. The molecule has 3 nitrogen and oxygen atoms in total. The monoisotopic (exact) mass is 311 g/mol. The quantitative estimate of drug-likeness (QED) is 0.763. The first-order chi connectivity index (χ1) is 11.9. The molecular formula is C21H17N3. The minimum atomic E-state index is -0.184. The zero-order valence-electron chi connectivity index (χ0n) is 13.1. The number of hydrogen-bond acceptors (Lipinski definition) is 3. The highest BCUT2D eigenvalue weighted by molar-refractivity contribution is 6.05. The number of rotatable bonds is 3. The van der Waals surface area contributed by atoms with Crippen molar-refractivity contribution in [2.45, 2.75) is 6.17 Å². The molecule has 1 N–H and O–H groups in total. The third-order valence-electron chi connectivity index (χ3n) is 4.03. The number of amidine groups is 1. The Bertz CT molecular complexity index is 866. The summed E-state index contributed by atoms with van der Waals surface area (Å²) in [7, 11) is 0. The van der Waals surface area contributed by atoms with Crippen LogP contribution in [-0.2, 0) is 0 Å². The normalized spacial score (nSPS) is 16.3. The van der Waals surface area contributed by atoms with Crippen LogP contribution in [0.5, 0.6) is 0 Å². The van der Waals surface area contributed by atoms with Crippen molar-refractivity contribution in [3.63, 3.8) is 0 Å². The molecule has 3 aromatic carbocycles. The number of aliphatic imine (C=N–C) groups is 2. The number of nitrogens with zero attached hydrogens (tertiary/aromatic N) is 2. The molecule has 1 atom stereocenters. The molecule has 1 unspecified atom stereocenters. The van der Waals surface area contributed by atoms with Gasteiger partial charge in [0.1, 0.15) is 5.84 Å². The summed E-state index contributed by atoms with van der Waals surface area (Å²) >= 11 is 0. The van der Waals surface area contributed by atoms with E-state index in [1.165, 1.54) is 11.1 Å². The molecule has 1 aliphatic rings. The molecule has 0 saturated carbocycles. The minimum Gasteiger partial charge on any atom is -0.331 e. The van der Waals surface area contributed by atoms with Gasteiger partial charge in [0.25, 0.3) is 0 Å². The fourth-order valence-electron chi connectivity index (χ4n) is 2.76. The van der Waals surface area contributed by atoms with E-state index in [9.17, 15) is 0 Å². The lowest BCUT2D eigenvalue weighted by Gasteiger charge is -2.17. The standard InChI is InChI=1S/C21H17N3/c1-3-7-16(8-4-1)17-11-13-19(14-12-17)21-23-15-22-20(24-21)18-9-5-2-6-10-18/h1-15,20H,(H,22,23,24). The van der Waals surface area contributed by atoms with Gasteiger partial charge in [-0.2, -0.15) is 0 Å². The Hall–Kier alpha value is -3.20. The first kappa shape index (κ1) is 14.4. The maximum Gasteiger partial charge on any atom is 0.169 e. The minimum absolute atomic E-state index is 0.184. The largest absolute Gasteiger partial charge is 0.331 e. The average molecular weight is 311 g/mol. The molecule has 0 aliphatic carbocycles. The fraction of sp³-hybridized carbons (Fsp3) is 0.0476. The summed E-state index contributed by atoms with van der Waals surface area (Å²) in [5.74, 6) is 0.846. The van der Waals surface area contributed by atoms with Crippen LogP contribution in [0.25, 0.3) is 11.1 Å². The van der Waals surface area contributed by atoms with Crippen molar-refractivity contribution in [1.29, 1.82) is 0 Å². The first-order valence-corrected chi connectivity index (χ1v) is 7.97. The van der Waals surface area contributed by atoms with Gasteiger partial charge in [-0.3, -0.25) is 0 Å². The van der Waals surface area contributed by atoms with Crippen LogP contribution in [0, 0.1) is 0 Å². The molecule has 3 heteroatoms. The predicted molar refractivity (Wildman–Crippen MR) is 99.2 cm³/mol. The number of benzene rings is 3. The Balaban J connectivity index is 1.61. The molecular weight excluding hydrogens is 294 g/mol. The summed E-state index contributed by atoms with van der Waals surface area (Å²) in [5.41, 5.74) is 4.56. The second-order valence-electron chi connectivity index (χ2n) is 5.63. The lowest BCUT2D eigenvalue weighted by atomic mass is 10.0. The van der Waals surface area contributed by atoms with E-state index < -0.39 is 0 Å². The molecule has 1 heterocycles. The van der Waals surface area contributed by atoms with Crippen molar-refractivity contribution >= 4 is 12.2 Å². The SMILES string of the molecule is C1=NC(c2ccccc2)N=C(c2ccc(-c3ccccc3)cc2)N1. The van der Waals surface area contributed by atoms with Gasteiger partial charge in [-0.05, 0) is 16.7 Å². The molecule has 0 spiro atoms. The summed E-state index contributed by atoms with van der Waals surface area (Å²) in [6, 6.07) is 28.9. The van der Waals surface area contributed by atoms with Crippen LogP contribution in [0.3, 0.4) is 0 Å². The van der Waals surface area contributed by atoms with E-state index >= 15 is 0 Å². The van der Waals surface area contributed by atoms with Crippen LogP contribution in [0.15, 0.2) is 94.9 Å². The Morgan fingerprint density at radius 3 is 1.92 bits per heavy atom. The molecule has 4 rings (SSSR count). The van der Waals surface area contributed by atoms with E-state index in [1.807, 2.05) is 36.4 Å². The van der Waals surface area contributed by atoms with Crippen molar-refractivity contribution in [2.75, 3.05) is 0 Å². The third kappa shape index (κ3) is 2.97. The van der Waals surface area contributed by atoms with Crippen molar-refractivity contribution in [2.24, 2.45) is 9.98 Å².